The lowest BCUT2D eigenvalue weighted by atomic mass is 10.0. The summed E-state index contributed by atoms with van der Waals surface area (Å²) in [4.78, 5) is 12.7. The van der Waals surface area contributed by atoms with Crippen molar-refractivity contribution in [3.05, 3.63) is 66.2 Å². The summed E-state index contributed by atoms with van der Waals surface area (Å²) in [6.45, 7) is 1.69. The Morgan fingerprint density at radius 1 is 1.00 bits per heavy atom. The molecule has 3 aromatic heterocycles. The first-order chi connectivity index (χ1) is 13.0. The third kappa shape index (κ3) is 3.26. The second-order valence-corrected chi connectivity index (χ2v) is 6.06. The Hall–Kier alpha value is -3.26. The second-order valence-electron chi connectivity index (χ2n) is 6.06. The lowest BCUT2D eigenvalue weighted by Crippen LogP contribution is -2.01. The van der Waals surface area contributed by atoms with E-state index < -0.39 is 12.5 Å². The van der Waals surface area contributed by atoms with Crippen molar-refractivity contribution in [1.29, 1.82) is 0 Å². The summed E-state index contributed by atoms with van der Waals surface area (Å²) < 4.78 is 27.3. The number of aliphatic hydroxyl groups is 1. The Bertz CT molecular complexity index is 1110. The molecular formula is C19H15F2N5O. The molecule has 4 aromatic rings. The predicted molar refractivity (Wildman–Crippen MR) is 95.0 cm³/mol. The van der Waals surface area contributed by atoms with Crippen molar-refractivity contribution < 1.29 is 13.9 Å². The zero-order valence-electron chi connectivity index (χ0n) is 14.3. The molecule has 0 amide bonds. The number of benzene rings is 1. The predicted octanol–water partition coefficient (Wildman–Crippen LogP) is 3.84. The number of hydrogen-bond donors (Lipinski definition) is 1. The molecule has 0 fully saturated rings. The number of halogens is 2. The largest absolute Gasteiger partial charge is 0.389 e. The molecule has 27 heavy (non-hydrogen) atoms. The highest BCUT2D eigenvalue weighted by Gasteiger charge is 2.15. The zero-order valence-corrected chi connectivity index (χ0v) is 14.3. The number of rotatable bonds is 4. The van der Waals surface area contributed by atoms with E-state index in [1.54, 1.807) is 13.0 Å². The van der Waals surface area contributed by atoms with Gasteiger partial charge in [0, 0.05) is 5.56 Å². The molecule has 1 atom stereocenters. The van der Waals surface area contributed by atoms with Gasteiger partial charge in [-0.05, 0) is 36.8 Å². The standard InChI is InChI=1S/C19H15F2N5O/c1-11(27)12-3-2-4-13(7-12)15-8-16(24-10-23-15)17-9-22-18-6-5-14(19(20)21)25-26(17)18/h2-11,19,27H,1H3. The van der Waals surface area contributed by atoms with Crippen molar-refractivity contribution in [2.24, 2.45) is 0 Å². The molecule has 0 aliphatic rings. The van der Waals surface area contributed by atoms with Gasteiger partial charge in [-0.2, -0.15) is 5.10 Å². The van der Waals surface area contributed by atoms with E-state index >= 15 is 0 Å². The molecule has 0 spiro atoms. The van der Waals surface area contributed by atoms with Gasteiger partial charge in [-0.3, -0.25) is 0 Å². The molecule has 0 saturated carbocycles. The Balaban J connectivity index is 1.80. The molecule has 1 N–H and O–H groups in total. The van der Waals surface area contributed by atoms with Crippen LogP contribution >= 0.6 is 0 Å². The number of alkyl halides is 2. The first kappa shape index (κ1) is 17.2. The molecule has 0 bridgehead atoms. The van der Waals surface area contributed by atoms with E-state index in [-0.39, 0.29) is 5.69 Å². The van der Waals surface area contributed by atoms with Crippen molar-refractivity contribution in [3.63, 3.8) is 0 Å². The normalized spacial score (nSPS) is 12.6. The number of aliphatic hydroxyl groups excluding tert-OH is 1. The maximum atomic E-state index is 13.0. The van der Waals surface area contributed by atoms with Gasteiger partial charge in [-0.15, -0.1) is 0 Å². The fourth-order valence-corrected chi connectivity index (χ4v) is 2.79. The summed E-state index contributed by atoms with van der Waals surface area (Å²) in [5, 5.41) is 13.7. The zero-order chi connectivity index (χ0) is 19.0. The van der Waals surface area contributed by atoms with E-state index in [4.69, 9.17) is 0 Å². The van der Waals surface area contributed by atoms with Crippen LogP contribution in [0.2, 0.25) is 0 Å². The van der Waals surface area contributed by atoms with Gasteiger partial charge in [0.05, 0.1) is 23.7 Å². The van der Waals surface area contributed by atoms with Crippen LogP contribution in [0.5, 0.6) is 0 Å². The van der Waals surface area contributed by atoms with Crippen LogP contribution in [-0.4, -0.2) is 29.7 Å². The van der Waals surface area contributed by atoms with Crippen LogP contribution in [0.4, 0.5) is 8.78 Å². The van der Waals surface area contributed by atoms with Crippen LogP contribution < -0.4 is 0 Å². The van der Waals surface area contributed by atoms with Gasteiger partial charge in [0.2, 0.25) is 0 Å². The van der Waals surface area contributed by atoms with Gasteiger partial charge in [0.15, 0.2) is 5.65 Å². The summed E-state index contributed by atoms with van der Waals surface area (Å²) in [5.74, 6) is 0. The molecule has 4 rings (SSSR count). The van der Waals surface area contributed by atoms with Crippen LogP contribution in [0.1, 0.15) is 30.7 Å². The Morgan fingerprint density at radius 3 is 2.59 bits per heavy atom. The number of hydrogen-bond acceptors (Lipinski definition) is 5. The van der Waals surface area contributed by atoms with E-state index in [1.807, 2.05) is 24.3 Å². The van der Waals surface area contributed by atoms with Crippen molar-refractivity contribution in [1.82, 2.24) is 24.6 Å². The molecule has 8 heteroatoms. The van der Waals surface area contributed by atoms with Crippen LogP contribution in [-0.2, 0) is 0 Å². The Kier molecular flexibility index (Phi) is 4.33. The average molecular weight is 367 g/mol. The summed E-state index contributed by atoms with van der Waals surface area (Å²) in [5.41, 5.74) is 3.34. The molecule has 136 valence electrons. The maximum Gasteiger partial charge on any atom is 0.282 e. The highest BCUT2D eigenvalue weighted by molar-refractivity contribution is 5.67. The first-order valence-corrected chi connectivity index (χ1v) is 8.26. The molecule has 0 radical (unpaired) electrons. The number of nitrogens with zero attached hydrogens (tertiary/aromatic N) is 5. The van der Waals surface area contributed by atoms with Gasteiger partial charge >= 0.3 is 0 Å². The van der Waals surface area contributed by atoms with Crippen LogP contribution in [0.15, 0.2) is 55.0 Å². The first-order valence-electron chi connectivity index (χ1n) is 8.26. The average Bonchev–Trinajstić information content (AvgIpc) is 3.11. The van der Waals surface area contributed by atoms with Gasteiger partial charge in [-0.25, -0.2) is 28.2 Å². The van der Waals surface area contributed by atoms with Crippen molar-refractivity contribution >= 4 is 5.65 Å². The Morgan fingerprint density at radius 2 is 1.81 bits per heavy atom. The highest BCUT2D eigenvalue weighted by Crippen LogP contribution is 2.26. The number of aromatic nitrogens is 5. The van der Waals surface area contributed by atoms with Crippen molar-refractivity contribution in [2.45, 2.75) is 19.5 Å². The third-order valence-corrected chi connectivity index (χ3v) is 4.20. The molecule has 0 saturated heterocycles. The van der Waals surface area contributed by atoms with Gasteiger partial charge < -0.3 is 5.11 Å². The fraction of sp³-hybridized carbons (Fsp3) is 0.158. The van der Waals surface area contributed by atoms with Crippen LogP contribution in [0, 0.1) is 0 Å². The summed E-state index contributed by atoms with van der Waals surface area (Å²) in [6, 6.07) is 11.9. The van der Waals surface area contributed by atoms with Gasteiger partial charge in [0.1, 0.15) is 17.7 Å². The van der Waals surface area contributed by atoms with Crippen LogP contribution in [0.25, 0.3) is 28.3 Å². The Labute approximate surface area is 153 Å². The molecule has 0 aliphatic carbocycles. The van der Waals surface area contributed by atoms with Crippen LogP contribution in [0.3, 0.4) is 0 Å². The summed E-state index contributed by atoms with van der Waals surface area (Å²) in [6.07, 6.45) is -0.331. The lowest BCUT2D eigenvalue weighted by molar-refractivity contribution is 0.144. The minimum Gasteiger partial charge on any atom is -0.389 e. The lowest BCUT2D eigenvalue weighted by Gasteiger charge is -2.08. The monoisotopic (exact) mass is 367 g/mol. The molecule has 1 unspecified atom stereocenters. The van der Waals surface area contributed by atoms with E-state index in [2.05, 4.69) is 20.1 Å². The molecule has 3 heterocycles. The maximum absolute atomic E-state index is 13.0. The second kappa shape index (κ2) is 6.81. The quantitative estimate of drug-likeness (QED) is 0.593. The highest BCUT2D eigenvalue weighted by atomic mass is 19.3. The van der Waals surface area contributed by atoms with Crippen molar-refractivity contribution in [3.8, 4) is 22.6 Å². The minimum absolute atomic E-state index is 0.333. The number of imidazole rings is 1. The van der Waals surface area contributed by atoms with E-state index in [9.17, 15) is 13.9 Å². The van der Waals surface area contributed by atoms with E-state index in [0.29, 0.717) is 22.7 Å². The third-order valence-electron chi connectivity index (χ3n) is 4.20. The molecule has 1 aromatic carbocycles. The minimum atomic E-state index is -2.67. The SMILES string of the molecule is CC(O)c1cccc(-c2cc(-c3cnc4ccc(C(F)F)nn34)ncn2)c1. The van der Waals surface area contributed by atoms with Gasteiger partial charge in [-0.1, -0.05) is 18.2 Å². The fourth-order valence-electron chi connectivity index (χ4n) is 2.79. The smallest absolute Gasteiger partial charge is 0.282 e. The molecule has 6 nitrogen and oxygen atoms in total. The van der Waals surface area contributed by atoms with E-state index in [0.717, 1.165) is 11.1 Å². The van der Waals surface area contributed by atoms with Crippen molar-refractivity contribution in [2.75, 3.05) is 0 Å². The summed E-state index contributed by atoms with van der Waals surface area (Å²) >= 11 is 0. The molecular weight excluding hydrogens is 352 g/mol. The van der Waals surface area contributed by atoms with E-state index in [1.165, 1.54) is 29.2 Å². The number of fused-ring (bicyclic) bond motifs is 1. The molecule has 0 aliphatic heterocycles. The van der Waals surface area contributed by atoms with Gasteiger partial charge in [0.25, 0.3) is 6.43 Å². The topological polar surface area (TPSA) is 76.2 Å². The summed E-state index contributed by atoms with van der Waals surface area (Å²) in [7, 11) is 0.